The molecule has 0 fully saturated rings. The number of nitrogen functional groups attached to an aromatic ring is 1. The van der Waals surface area contributed by atoms with E-state index < -0.39 is 11.4 Å². The Bertz CT molecular complexity index is 318. The monoisotopic (exact) mass is 206 g/mol. The van der Waals surface area contributed by atoms with E-state index in [0.717, 1.165) is 0 Å². The minimum atomic E-state index is -2.63. The SMILES string of the molecule is Nc1cccc(OS(=O)[O-])c1Cl. The number of benzene rings is 1. The predicted octanol–water partition coefficient (Wildman–Crippen LogP) is 1.10. The minimum Gasteiger partial charge on any atom is -0.740 e. The van der Waals surface area contributed by atoms with Crippen LogP contribution in [0.1, 0.15) is 0 Å². The topological polar surface area (TPSA) is 75.4 Å². The molecule has 0 saturated heterocycles. The Hall–Kier alpha value is -0.780. The zero-order valence-electron chi connectivity index (χ0n) is 5.82. The summed E-state index contributed by atoms with van der Waals surface area (Å²) in [7, 11) is 0. The van der Waals surface area contributed by atoms with E-state index in [1.807, 2.05) is 0 Å². The molecule has 1 aromatic carbocycles. The molecule has 0 heterocycles. The highest BCUT2D eigenvalue weighted by atomic mass is 35.5. The molecule has 0 saturated carbocycles. The van der Waals surface area contributed by atoms with E-state index in [4.69, 9.17) is 17.3 Å². The maximum absolute atomic E-state index is 10.1. The fourth-order valence-electron chi connectivity index (χ4n) is 0.665. The van der Waals surface area contributed by atoms with Crippen LogP contribution in [0.5, 0.6) is 5.75 Å². The summed E-state index contributed by atoms with van der Waals surface area (Å²) in [6, 6.07) is 4.50. The molecule has 4 nitrogen and oxygen atoms in total. The number of halogens is 1. The number of anilines is 1. The van der Waals surface area contributed by atoms with Crippen LogP contribution >= 0.6 is 11.6 Å². The second-order valence-corrected chi connectivity index (χ2v) is 2.90. The summed E-state index contributed by atoms with van der Waals surface area (Å²) < 4.78 is 24.6. The highest BCUT2D eigenvalue weighted by Gasteiger charge is 2.03. The van der Waals surface area contributed by atoms with Gasteiger partial charge in [-0.25, -0.2) is 4.21 Å². The Labute approximate surface area is 76.8 Å². The normalized spacial score (nSPS) is 12.5. The van der Waals surface area contributed by atoms with Crippen LogP contribution in [0.25, 0.3) is 0 Å². The molecule has 1 rings (SSSR count). The zero-order chi connectivity index (χ0) is 9.14. The van der Waals surface area contributed by atoms with Crippen molar-refractivity contribution in [2.45, 2.75) is 0 Å². The van der Waals surface area contributed by atoms with Crippen molar-refractivity contribution in [1.29, 1.82) is 0 Å². The van der Waals surface area contributed by atoms with Crippen molar-refractivity contribution in [2.24, 2.45) is 0 Å². The molecule has 2 N–H and O–H groups in total. The molecule has 1 aromatic rings. The molecule has 0 aliphatic heterocycles. The molecule has 66 valence electrons. The minimum absolute atomic E-state index is 0.0324. The van der Waals surface area contributed by atoms with Gasteiger partial charge < -0.3 is 14.5 Å². The lowest BCUT2D eigenvalue weighted by molar-refractivity contribution is 0.440. The predicted molar refractivity (Wildman–Crippen MR) is 45.4 cm³/mol. The lowest BCUT2D eigenvalue weighted by Gasteiger charge is -2.09. The molecular weight excluding hydrogens is 202 g/mol. The first-order chi connectivity index (χ1) is 5.61. The van der Waals surface area contributed by atoms with Gasteiger partial charge in [-0.2, -0.15) is 0 Å². The van der Waals surface area contributed by atoms with Crippen molar-refractivity contribution in [3.05, 3.63) is 23.2 Å². The molecule has 12 heavy (non-hydrogen) atoms. The first-order valence-electron chi connectivity index (χ1n) is 2.93. The third kappa shape index (κ3) is 2.10. The van der Waals surface area contributed by atoms with Gasteiger partial charge in [0.25, 0.3) is 0 Å². The molecule has 6 heteroatoms. The van der Waals surface area contributed by atoms with Crippen molar-refractivity contribution in [2.75, 3.05) is 5.73 Å². The lowest BCUT2D eigenvalue weighted by Crippen LogP contribution is -1.99. The third-order valence-electron chi connectivity index (χ3n) is 1.15. The largest absolute Gasteiger partial charge is 0.740 e. The smallest absolute Gasteiger partial charge is 0.159 e. The second-order valence-electron chi connectivity index (χ2n) is 1.95. The zero-order valence-corrected chi connectivity index (χ0v) is 7.39. The number of rotatable bonds is 2. The van der Waals surface area contributed by atoms with Crippen LogP contribution in [0.15, 0.2) is 18.2 Å². The maximum atomic E-state index is 10.1. The van der Waals surface area contributed by atoms with Gasteiger partial charge in [0, 0.05) is 0 Å². The van der Waals surface area contributed by atoms with Crippen LogP contribution in [0.2, 0.25) is 5.02 Å². The Morgan fingerprint density at radius 3 is 2.83 bits per heavy atom. The van der Waals surface area contributed by atoms with E-state index in [1.165, 1.54) is 6.07 Å². The maximum Gasteiger partial charge on any atom is 0.159 e. The van der Waals surface area contributed by atoms with Gasteiger partial charge in [0.15, 0.2) is 5.75 Å². The number of nitrogens with two attached hydrogens (primary N) is 1. The van der Waals surface area contributed by atoms with E-state index in [9.17, 15) is 8.76 Å². The summed E-state index contributed by atoms with van der Waals surface area (Å²) in [6.07, 6.45) is 0. The van der Waals surface area contributed by atoms with Gasteiger partial charge in [-0.3, -0.25) is 0 Å². The van der Waals surface area contributed by atoms with Gasteiger partial charge in [-0.15, -0.1) is 0 Å². The summed E-state index contributed by atoms with van der Waals surface area (Å²) in [5.41, 5.74) is 5.66. The van der Waals surface area contributed by atoms with Crippen LogP contribution in [0, 0.1) is 0 Å². The van der Waals surface area contributed by atoms with Crippen molar-refractivity contribution in [3.63, 3.8) is 0 Å². The average molecular weight is 207 g/mol. The van der Waals surface area contributed by atoms with Crippen molar-refractivity contribution in [3.8, 4) is 5.75 Å². The Morgan fingerprint density at radius 1 is 1.58 bits per heavy atom. The van der Waals surface area contributed by atoms with E-state index >= 15 is 0 Å². The molecule has 0 radical (unpaired) electrons. The standard InChI is InChI=1S/C6H6ClNO3S/c7-6-4(8)2-1-3-5(6)11-12(9)10/h1-3H,8H2,(H,9,10)/p-1. The van der Waals surface area contributed by atoms with Crippen molar-refractivity contribution >= 4 is 28.6 Å². The van der Waals surface area contributed by atoms with E-state index in [-0.39, 0.29) is 16.5 Å². The molecule has 1 atom stereocenters. The van der Waals surface area contributed by atoms with Crippen LogP contribution in [-0.4, -0.2) is 8.76 Å². The molecule has 1 unspecified atom stereocenters. The molecule has 0 aliphatic carbocycles. The average Bonchev–Trinajstić information content (AvgIpc) is 1.98. The molecule has 0 spiro atoms. The second kappa shape index (κ2) is 3.75. The van der Waals surface area contributed by atoms with Crippen molar-refractivity contribution < 1.29 is 12.9 Å². The summed E-state index contributed by atoms with van der Waals surface area (Å²) in [4.78, 5) is 0. The van der Waals surface area contributed by atoms with Gasteiger partial charge in [0.05, 0.1) is 5.69 Å². The number of hydrogen-bond donors (Lipinski definition) is 1. The Kier molecular flexibility index (Phi) is 2.91. The lowest BCUT2D eigenvalue weighted by atomic mass is 10.3. The fourth-order valence-corrected chi connectivity index (χ4v) is 1.16. The number of hydrogen-bond acceptors (Lipinski definition) is 4. The van der Waals surface area contributed by atoms with E-state index in [1.54, 1.807) is 12.1 Å². The van der Waals surface area contributed by atoms with Gasteiger partial charge in [0.1, 0.15) is 16.4 Å². The Balaban J connectivity index is 3.00. The highest BCUT2D eigenvalue weighted by molar-refractivity contribution is 7.74. The quantitative estimate of drug-likeness (QED) is 0.581. The van der Waals surface area contributed by atoms with Crippen molar-refractivity contribution in [1.82, 2.24) is 0 Å². The molecule has 0 amide bonds. The molecular formula is C6H5ClNO3S-. The first-order valence-corrected chi connectivity index (χ1v) is 4.30. The summed E-state index contributed by atoms with van der Waals surface area (Å²) in [5.74, 6) is 0.0324. The first kappa shape index (κ1) is 9.31. The van der Waals surface area contributed by atoms with Crippen LogP contribution in [0.3, 0.4) is 0 Å². The van der Waals surface area contributed by atoms with Gasteiger partial charge >= 0.3 is 0 Å². The van der Waals surface area contributed by atoms with Crippen LogP contribution in [0.4, 0.5) is 5.69 Å². The van der Waals surface area contributed by atoms with Crippen LogP contribution < -0.4 is 9.92 Å². The van der Waals surface area contributed by atoms with Crippen LogP contribution in [-0.2, 0) is 11.4 Å². The summed E-state index contributed by atoms with van der Waals surface area (Å²) in [6.45, 7) is 0. The summed E-state index contributed by atoms with van der Waals surface area (Å²) >= 11 is 2.99. The van der Waals surface area contributed by atoms with E-state index in [0.29, 0.717) is 0 Å². The molecule has 0 aromatic heterocycles. The van der Waals surface area contributed by atoms with Gasteiger partial charge in [-0.1, -0.05) is 17.7 Å². The highest BCUT2D eigenvalue weighted by Crippen LogP contribution is 2.29. The van der Waals surface area contributed by atoms with Gasteiger partial charge in [-0.05, 0) is 12.1 Å². The third-order valence-corrected chi connectivity index (χ3v) is 1.87. The summed E-state index contributed by atoms with van der Waals surface area (Å²) in [5, 5.41) is 0.0988. The van der Waals surface area contributed by atoms with E-state index in [2.05, 4.69) is 4.18 Å². The fraction of sp³-hybridized carbons (Fsp3) is 0. The Morgan fingerprint density at radius 2 is 2.25 bits per heavy atom. The van der Waals surface area contributed by atoms with Gasteiger partial charge in [0.2, 0.25) is 0 Å². The molecule has 0 aliphatic rings. The molecule has 0 bridgehead atoms.